The summed E-state index contributed by atoms with van der Waals surface area (Å²) < 4.78 is 0. The van der Waals surface area contributed by atoms with Gasteiger partial charge < -0.3 is 5.11 Å². The third kappa shape index (κ3) is 2.50. The molecule has 0 atom stereocenters. The van der Waals surface area contributed by atoms with E-state index >= 15 is 0 Å². The minimum absolute atomic E-state index is 0. The van der Waals surface area contributed by atoms with Crippen LogP contribution in [0.3, 0.4) is 0 Å². The Balaban J connectivity index is 0.00000112. The van der Waals surface area contributed by atoms with Gasteiger partial charge in [-0.3, -0.25) is 0 Å². The highest BCUT2D eigenvalue weighted by Gasteiger charge is 2.29. The van der Waals surface area contributed by atoms with Crippen molar-refractivity contribution >= 4 is 0 Å². The number of hydrogen-bond donors (Lipinski definition) is 1. The van der Waals surface area contributed by atoms with E-state index in [0.717, 1.165) is 30.6 Å². The van der Waals surface area contributed by atoms with Crippen LogP contribution in [0.15, 0.2) is 0 Å². The summed E-state index contributed by atoms with van der Waals surface area (Å²) in [6.07, 6.45) is 10.6. The van der Waals surface area contributed by atoms with Crippen LogP contribution in [0.4, 0.5) is 0 Å². The second-order valence-electron chi connectivity index (χ2n) is 5.59. The molecule has 0 saturated heterocycles. The third-order valence-electron chi connectivity index (χ3n) is 4.47. The van der Waals surface area contributed by atoms with Crippen molar-refractivity contribution in [2.75, 3.05) is 0 Å². The van der Waals surface area contributed by atoms with Crippen LogP contribution in [-0.2, 0) is 0 Å². The maximum Gasteiger partial charge on any atom is 0.0540 e. The lowest BCUT2D eigenvalue weighted by atomic mass is 9.71. The smallest absolute Gasteiger partial charge is 0.0540 e. The summed E-state index contributed by atoms with van der Waals surface area (Å²) in [6, 6.07) is 0. The highest BCUT2D eigenvalue weighted by Crippen LogP contribution is 2.39. The van der Waals surface area contributed by atoms with E-state index < -0.39 is 0 Å². The van der Waals surface area contributed by atoms with E-state index in [2.05, 4.69) is 6.92 Å². The molecule has 1 N–H and O–H groups in total. The molecule has 2 aliphatic rings. The molecule has 0 aliphatic heterocycles. The fraction of sp³-hybridized carbons (Fsp3) is 1.00. The highest BCUT2D eigenvalue weighted by molar-refractivity contribution is 4.80. The SMILES string of the molecule is CC1CCC(C2CCC(O)CC2)CC1.[HH].[HH]. The van der Waals surface area contributed by atoms with Gasteiger partial charge in [0.1, 0.15) is 0 Å². The molecule has 0 spiro atoms. The fourth-order valence-corrected chi connectivity index (χ4v) is 3.33. The third-order valence-corrected chi connectivity index (χ3v) is 4.47. The summed E-state index contributed by atoms with van der Waals surface area (Å²) in [6.45, 7) is 2.39. The van der Waals surface area contributed by atoms with E-state index in [1.165, 1.54) is 38.5 Å². The maximum atomic E-state index is 9.47. The van der Waals surface area contributed by atoms with Crippen molar-refractivity contribution in [3.63, 3.8) is 0 Å². The van der Waals surface area contributed by atoms with E-state index in [0.29, 0.717) is 0 Å². The Morgan fingerprint density at radius 1 is 0.786 bits per heavy atom. The Kier molecular flexibility index (Phi) is 3.48. The van der Waals surface area contributed by atoms with Gasteiger partial charge >= 0.3 is 0 Å². The quantitative estimate of drug-likeness (QED) is 0.681. The standard InChI is InChI=1S/C13H24O.2H2/c1-10-2-4-11(5-3-10)12-6-8-13(14)9-7-12;;/h10-14H,2-9H2,1H3;2*1H. The van der Waals surface area contributed by atoms with Gasteiger partial charge in [0.25, 0.3) is 0 Å². The van der Waals surface area contributed by atoms with Crippen molar-refractivity contribution in [2.24, 2.45) is 17.8 Å². The summed E-state index contributed by atoms with van der Waals surface area (Å²) in [5, 5.41) is 9.47. The Labute approximate surface area is 90.9 Å². The first kappa shape index (κ1) is 10.5. The molecule has 2 saturated carbocycles. The molecule has 2 fully saturated rings. The van der Waals surface area contributed by atoms with Crippen LogP contribution in [0, 0.1) is 17.8 Å². The average Bonchev–Trinajstić information content (AvgIpc) is 2.21. The molecular weight excluding hydrogens is 172 g/mol. The predicted octanol–water partition coefficient (Wildman–Crippen LogP) is 3.86. The second kappa shape index (κ2) is 4.65. The average molecular weight is 200 g/mol. The van der Waals surface area contributed by atoms with Gasteiger partial charge in [0, 0.05) is 2.85 Å². The molecule has 86 valence electrons. The molecular formula is C13H28O. The molecule has 0 unspecified atom stereocenters. The highest BCUT2D eigenvalue weighted by atomic mass is 16.3. The summed E-state index contributed by atoms with van der Waals surface area (Å²) in [5.74, 6) is 2.92. The molecule has 0 radical (unpaired) electrons. The summed E-state index contributed by atoms with van der Waals surface area (Å²) in [5.41, 5.74) is 0. The molecule has 2 aliphatic carbocycles. The topological polar surface area (TPSA) is 20.2 Å². The molecule has 0 aromatic rings. The van der Waals surface area contributed by atoms with Gasteiger partial charge in [-0.15, -0.1) is 0 Å². The lowest BCUT2D eigenvalue weighted by Crippen LogP contribution is -2.26. The van der Waals surface area contributed by atoms with Crippen molar-refractivity contribution in [3.8, 4) is 0 Å². The number of rotatable bonds is 1. The molecule has 0 heterocycles. The van der Waals surface area contributed by atoms with Crippen molar-refractivity contribution in [3.05, 3.63) is 0 Å². The van der Waals surface area contributed by atoms with Crippen LogP contribution < -0.4 is 0 Å². The van der Waals surface area contributed by atoms with Crippen molar-refractivity contribution in [1.29, 1.82) is 0 Å². The Hall–Kier alpha value is -0.0400. The van der Waals surface area contributed by atoms with E-state index in [-0.39, 0.29) is 8.96 Å². The van der Waals surface area contributed by atoms with Gasteiger partial charge in [0.15, 0.2) is 0 Å². The van der Waals surface area contributed by atoms with Crippen LogP contribution in [0.25, 0.3) is 0 Å². The number of aliphatic hydroxyl groups excluding tert-OH is 1. The Morgan fingerprint density at radius 3 is 1.71 bits per heavy atom. The number of hydrogen-bond acceptors (Lipinski definition) is 1. The van der Waals surface area contributed by atoms with Crippen molar-refractivity contribution < 1.29 is 7.96 Å². The predicted molar refractivity (Wildman–Crippen MR) is 63.3 cm³/mol. The molecule has 0 amide bonds. The van der Waals surface area contributed by atoms with Gasteiger partial charge in [-0.05, 0) is 56.3 Å². The lowest BCUT2D eigenvalue weighted by molar-refractivity contribution is 0.0780. The summed E-state index contributed by atoms with van der Waals surface area (Å²) in [4.78, 5) is 0. The first-order valence-corrected chi connectivity index (χ1v) is 6.43. The molecule has 2 rings (SSSR count). The molecule has 0 aromatic carbocycles. The van der Waals surface area contributed by atoms with Crippen LogP contribution in [0.5, 0.6) is 0 Å². The van der Waals surface area contributed by atoms with Crippen molar-refractivity contribution in [1.82, 2.24) is 0 Å². The van der Waals surface area contributed by atoms with Crippen molar-refractivity contribution in [2.45, 2.75) is 64.4 Å². The minimum Gasteiger partial charge on any atom is -0.393 e. The zero-order chi connectivity index (χ0) is 9.97. The molecule has 0 bridgehead atoms. The lowest BCUT2D eigenvalue weighted by Gasteiger charge is -2.36. The Morgan fingerprint density at radius 2 is 1.21 bits per heavy atom. The number of aliphatic hydroxyl groups is 1. The zero-order valence-corrected chi connectivity index (χ0v) is 9.41. The zero-order valence-electron chi connectivity index (χ0n) is 9.41. The van der Waals surface area contributed by atoms with Gasteiger partial charge in [-0.25, -0.2) is 0 Å². The molecule has 1 heteroatoms. The van der Waals surface area contributed by atoms with E-state index in [1.807, 2.05) is 0 Å². The maximum absolute atomic E-state index is 9.47. The monoisotopic (exact) mass is 200 g/mol. The van der Waals surface area contributed by atoms with E-state index in [1.54, 1.807) is 0 Å². The van der Waals surface area contributed by atoms with Crippen LogP contribution in [0.1, 0.15) is 61.1 Å². The van der Waals surface area contributed by atoms with E-state index in [9.17, 15) is 5.11 Å². The van der Waals surface area contributed by atoms with E-state index in [4.69, 9.17) is 0 Å². The van der Waals surface area contributed by atoms with Crippen LogP contribution in [0.2, 0.25) is 0 Å². The largest absolute Gasteiger partial charge is 0.393 e. The Bertz CT molecular complexity index is 151. The summed E-state index contributed by atoms with van der Waals surface area (Å²) >= 11 is 0. The molecule has 0 aromatic heterocycles. The van der Waals surface area contributed by atoms with Crippen LogP contribution in [-0.4, -0.2) is 11.2 Å². The van der Waals surface area contributed by atoms with Gasteiger partial charge in [0.2, 0.25) is 0 Å². The minimum atomic E-state index is 0. The first-order valence-electron chi connectivity index (χ1n) is 6.43. The normalized spacial score (nSPS) is 45.0. The second-order valence-corrected chi connectivity index (χ2v) is 5.59. The van der Waals surface area contributed by atoms with Gasteiger partial charge in [-0.2, -0.15) is 0 Å². The van der Waals surface area contributed by atoms with Gasteiger partial charge in [-0.1, -0.05) is 19.8 Å². The fourth-order valence-electron chi connectivity index (χ4n) is 3.33. The summed E-state index contributed by atoms with van der Waals surface area (Å²) in [7, 11) is 0. The molecule has 1 nitrogen and oxygen atoms in total. The molecule has 14 heavy (non-hydrogen) atoms. The van der Waals surface area contributed by atoms with Crippen LogP contribution >= 0.6 is 0 Å². The first-order chi connectivity index (χ1) is 6.75. The van der Waals surface area contributed by atoms with Gasteiger partial charge in [0.05, 0.1) is 6.10 Å².